The van der Waals surface area contributed by atoms with Crippen molar-refractivity contribution < 1.29 is 19.0 Å². The maximum Gasteiger partial charge on any atom is 0.337 e. The third-order valence-electron chi connectivity index (χ3n) is 2.82. The Morgan fingerprint density at radius 1 is 0.950 bits per heavy atom. The first kappa shape index (κ1) is 13.9. The second-order valence-electron chi connectivity index (χ2n) is 4.27. The molecule has 104 valence electrons. The molecule has 0 aliphatic heterocycles. The van der Waals surface area contributed by atoms with E-state index < -0.39 is 0 Å². The van der Waals surface area contributed by atoms with Crippen molar-refractivity contribution >= 4 is 5.97 Å². The molecule has 0 aromatic heterocycles. The third kappa shape index (κ3) is 3.09. The fraction of sp³-hybridized carbons (Fsp3) is 0.188. The Bertz CT molecular complexity index is 602. The molecule has 0 N–H and O–H groups in total. The summed E-state index contributed by atoms with van der Waals surface area (Å²) in [6.07, 6.45) is 0. The van der Waals surface area contributed by atoms with Crippen molar-refractivity contribution in [2.24, 2.45) is 0 Å². The number of ether oxygens (including phenoxy) is 3. The molecule has 4 nitrogen and oxygen atoms in total. The normalized spacial score (nSPS) is 9.95. The minimum Gasteiger partial charge on any atom is -0.493 e. The standard InChI is InChI=1S/C16H16O4/c1-11-4-9-14(18-2)15(10-11)20-13-7-5-12(6-8-13)16(17)19-3/h4-10H,1-3H3. The van der Waals surface area contributed by atoms with Crippen LogP contribution in [0.4, 0.5) is 0 Å². The van der Waals surface area contributed by atoms with Crippen molar-refractivity contribution in [2.75, 3.05) is 14.2 Å². The van der Waals surface area contributed by atoms with E-state index in [9.17, 15) is 4.79 Å². The molecule has 0 radical (unpaired) electrons. The summed E-state index contributed by atoms with van der Waals surface area (Å²) in [6.45, 7) is 1.98. The minimum absolute atomic E-state index is 0.371. The van der Waals surface area contributed by atoms with Gasteiger partial charge in [0, 0.05) is 0 Å². The summed E-state index contributed by atoms with van der Waals surface area (Å²) >= 11 is 0. The Balaban J connectivity index is 2.22. The molecule has 0 heterocycles. The molecule has 0 unspecified atom stereocenters. The summed E-state index contributed by atoms with van der Waals surface area (Å²) in [5, 5.41) is 0. The van der Waals surface area contributed by atoms with Crippen molar-refractivity contribution in [1.29, 1.82) is 0 Å². The fourth-order valence-electron chi connectivity index (χ4n) is 1.77. The number of hydrogen-bond donors (Lipinski definition) is 0. The number of hydrogen-bond acceptors (Lipinski definition) is 4. The van der Waals surface area contributed by atoms with Gasteiger partial charge < -0.3 is 14.2 Å². The number of carbonyl (C=O) groups is 1. The van der Waals surface area contributed by atoms with Crippen LogP contribution in [0.2, 0.25) is 0 Å². The molecule has 0 atom stereocenters. The van der Waals surface area contributed by atoms with E-state index in [-0.39, 0.29) is 5.97 Å². The van der Waals surface area contributed by atoms with Crippen molar-refractivity contribution in [3.05, 3.63) is 53.6 Å². The maximum absolute atomic E-state index is 11.3. The molecule has 0 bridgehead atoms. The van der Waals surface area contributed by atoms with E-state index in [1.165, 1.54) is 7.11 Å². The summed E-state index contributed by atoms with van der Waals surface area (Å²) in [4.78, 5) is 11.3. The quantitative estimate of drug-likeness (QED) is 0.798. The van der Waals surface area contributed by atoms with E-state index >= 15 is 0 Å². The van der Waals surface area contributed by atoms with Gasteiger partial charge in [-0.15, -0.1) is 0 Å². The summed E-state index contributed by atoms with van der Waals surface area (Å²) in [7, 11) is 2.95. The van der Waals surface area contributed by atoms with Crippen LogP contribution >= 0.6 is 0 Å². The SMILES string of the molecule is COC(=O)c1ccc(Oc2cc(C)ccc2OC)cc1. The molecular weight excluding hydrogens is 256 g/mol. The Labute approximate surface area is 117 Å². The first-order valence-corrected chi connectivity index (χ1v) is 6.15. The van der Waals surface area contributed by atoms with Crippen LogP contribution in [0.25, 0.3) is 0 Å². The van der Waals surface area contributed by atoms with Gasteiger partial charge in [0.15, 0.2) is 11.5 Å². The van der Waals surface area contributed by atoms with E-state index in [4.69, 9.17) is 9.47 Å². The van der Waals surface area contributed by atoms with Crippen molar-refractivity contribution in [2.45, 2.75) is 6.92 Å². The average molecular weight is 272 g/mol. The maximum atomic E-state index is 11.3. The monoisotopic (exact) mass is 272 g/mol. The van der Waals surface area contributed by atoms with Gasteiger partial charge in [0.2, 0.25) is 0 Å². The largest absolute Gasteiger partial charge is 0.493 e. The molecular formula is C16H16O4. The lowest BCUT2D eigenvalue weighted by Crippen LogP contribution is -2.00. The molecule has 0 aliphatic rings. The third-order valence-corrected chi connectivity index (χ3v) is 2.82. The average Bonchev–Trinajstić information content (AvgIpc) is 2.47. The second kappa shape index (κ2) is 6.10. The molecule has 20 heavy (non-hydrogen) atoms. The molecule has 0 aliphatic carbocycles. The summed E-state index contributed by atoms with van der Waals surface area (Å²) < 4.78 is 15.7. The van der Waals surface area contributed by atoms with E-state index in [1.54, 1.807) is 31.4 Å². The number of benzene rings is 2. The first-order valence-electron chi connectivity index (χ1n) is 6.15. The van der Waals surface area contributed by atoms with Gasteiger partial charge in [0.25, 0.3) is 0 Å². The smallest absolute Gasteiger partial charge is 0.337 e. The number of aryl methyl sites for hydroxylation is 1. The minimum atomic E-state index is -0.371. The molecule has 0 saturated heterocycles. The van der Waals surface area contributed by atoms with Crippen LogP contribution in [0, 0.1) is 6.92 Å². The highest BCUT2D eigenvalue weighted by molar-refractivity contribution is 5.89. The zero-order chi connectivity index (χ0) is 14.5. The van der Waals surface area contributed by atoms with Gasteiger partial charge in [-0.3, -0.25) is 0 Å². The predicted molar refractivity (Wildman–Crippen MR) is 75.6 cm³/mol. The first-order chi connectivity index (χ1) is 9.63. The molecule has 0 amide bonds. The van der Waals surface area contributed by atoms with Crippen LogP contribution in [0.5, 0.6) is 17.2 Å². The number of rotatable bonds is 4. The number of carbonyl (C=O) groups excluding carboxylic acids is 1. The Kier molecular flexibility index (Phi) is 4.25. The molecule has 0 spiro atoms. The second-order valence-corrected chi connectivity index (χ2v) is 4.27. The topological polar surface area (TPSA) is 44.8 Å². The van der Waals surface area contributed by atoms with Crippen LogP contribution in [-0.4, -0.2) is 20.2 Å². The van der Waals surface area contributed by atoms with Gasteiger partial charge in [-0.1, -0.05) is 6.07 Å². The molecule has 0 fully saturated rings. The molecule has 2 rings (SSSR count). The van der Waals surface area contributed by atoms with E-state index in [0.717, 1.165) is 5.56 Å². The Morgan fingerprint density at radius 3 is 2.25 bits per heavy atom. The lowest BCUT2D eigenvalue weighted by Gasteiger charge is -2.11. The molecule has 4 heteroatoms. The van der Waals surface area contributed by atoms with Crippen molar-refractivity contribution in [3.63, 3.8) is 0 Å². The zero-order valence-corrected chi connectivity index (χ0v) is 11.7. The molecule has 0 saturated carbocycles. The van der Waals surface area contributed by atoms with Crippen LogP contribution < -0.4 is 9.47 Å². The highest BCUT2D eigenvalue weighted by Gasteiger charge is 2.08. The van der Waals surface area contributed by atoms with Crippen molar-refractivity contribution in [1.82, 2.24) is 0 Å². The van der Waals surface area contributed by atoms with E-state index in [2.05, 4.69) is 4.74 Å². The zero-order valence-electron chi connectivity index (χ0n) is 11.7. The summed E-state index contributed by atoms with van der Waals surface area (Å²) in [5.74, 6) is 1.55. The van der Waals surface area contributed by atoms with Crippen LogP contribution in [-0.2, 0) is 4.74 Å². The van der Waals surface area contributed by atoms with Crippen LogP contribution in [0.3, 0.4) is 0 Å². The number of methoxy groups -OCH3 is 2. The van der Waals surface area contributed by atoms with Gasteiger partial charge in [0.1, 0.15) is 5.75 Å². The van der Waals surface area contributed by atoms with Crippen LogP contribution in [0.1, 0.15) is 15.9 Å². The van der Waals surface area contributed by atoms with Crippen LogP contribution in [0.15, 0.2) is 42.5 Å². The van der Waals surface area contributed by atoms with Gasteiger partial charge in [-0.2, -0.15) is 0 Å². The van der Waals surface area contributed by atoms with E-state index in [1.807, 2.05) is 25.1 Å². The van der Waals surface area contributed by atoms with Gasteiger partial charge in [-0.05, 0) is 48.9 Å². The highest BCUT2D eigenvalue weighted by atomic mass is 16.5. The predicted octanol–water partition coefficient (Wildman–Crippen LogP) is 3.58. The van der Waals surface area contributed by atoms with Gasteiger partial charge in [-0.25, -0.2) is 4.79 Å². The highest BCUT2D eigenvalue weighted by Crippen LogP contribution is 2.32. The molecule has 2 aromatic rings. The van der Waals surface area contributed by atoms with Crippen molar-refractivity contribution in [3.8, 4) is 17.2 Å². The van der Waals surface area contributed by atoms with E-state index in [0.29, 0.717) is 22.8 Å². The Morgan fingerprint density at radius 2 is 1.65 bits per heavy atom. The summed E-state index contributed by atoms with van der Waals surface area (Å²) in [5.41, 5.74) is 1.56. The number of esters is 1. The summed E-state index contributed by atoms with van der Waals surface area (Å²) in [6, 6.07) is 12.4. The Hall–Kier alpha value is -2.49. The van der Waals surface area contributed by atoms with Gasteiger partial charge >= 0.3 is 5.97 Å². The van der Waals surface area contributed by atoms with Gasteiger partial charge in [0.05, 0.1) is 19.8 Å². The lowest BCUT2D eigenvalue weighted by atomic mass is 10.2. The lowest BCUT2D eigenvalue weighted by molar-refractivity contribution is 0.0600. The fourth-order valence-corrected chi connectivity index (χ4v) is 1.77. The molecule has 2 aromatic carbocycles.